The highest BCUT2D eigenvalue weighted by Crippen LogP contribution is 2.27. The fourth-order valence-electron chi connectivity index (χ4n) is 2.57. The summed E-state index contributed by atoms with van der Waals surface area (Å²) in [5.74, 6) is 0.463. The van der Waals surface area contributed by atoms with E-state index in [0.29, 0.717) is 18.2 Å². The third kappa shape index (κ3) is 2.66. The maximum absolute atomic E-state index is 12.0. The first-order chi connectivity index (χ1) is 8.22. The maximum Gasteiger partial charge on any atom is 0.269 e. The Balaban J connectivity index is 1.99. The van der Waals surface area contributed by atoms with Crippen molar-refractivity contribution in [2.24, 2.45) is 18.7 Å². The first-order valence-corrected chi connectivity index (χ1v) is 6.21. The lowest BCUT2D eigenvalue weighted by molar-refractivity contribution is 0.0914. The molecule has 0 aliphatic heterocycles. The molecule has 1 aromatic heterocycles. The molecule has 0 bridgehead atoms. The van der Waals surface area contributed by atoms with Crippen LogP contribution in [0.1, 0.15) is 36.2 Å². The van der Waals surface area contributed by atoms with Crippen molar-refractivity contribution >= 4 is 5.91 Å². The average Bonchev–Trinajstić information content (AvgIpc) is 2.96. The summed E-state index contributed by atoms with van der Waals surface area (Å²) in [6, 6.07) is 1.82. The predicted octanol–water partition coefficient (Wildman–Crippen LogP) is 0.667. The Morgan fingerprint density at radius 2 is 2.35 bits per heavy atom. The Bertz CT molecular complexity index is 382. The number of amides is 1. The second kappa shape index (κ2) is 5.31. The number of nitrogens with one attached hydrogen (secondary N) is 1. The minimum Gasteiger partial charge on any atom is -0.346 e. The molecule has 1 aliphatic carbocycles. The first-order valence-electron chi connectivity index (χ1n) is 6.21. The standard InChI is InChI=1S/C12H20N4O/c1-16-11(6-7-14-16)12(17)15-10(8-13)9-4-2-3-5-9/h6-7,9-10H,2-5,8,13H2,1H3,(H,15,17). The normalized spacial score (nSPS) is 18.2. The van der Waals surface area contributed by atoms with Crippen LogP contribution in [0.3, 0.4) is 0 Å². The van der Waals surface area contributed by atoms with E-state index in [1.165, 1.54) is 25.7 Å². The molecule has 5 heteroatoms. The van der Waals surface area contributed by atoms with E-state index in [1.54, 1.807) is 24.0 Å². The van der Waals surface area contributed by atoms with Gasteiger partial charge in [-0.3, -0.25) is 9.48 Å². The zero-order valence-electron chi connectivity index (χ0n) is 10.2. The van der Waals surface area contributed by atoms with Crippen molar-refractivity contribution < 1.29 is 4.79 Å². The number of hydrogen-bond donors (Lipinski definition) is 2. The van der Waals surface area contributed by atoms with E-state index in [-0.39, 0.29) is 11.9 Å². The zero-order valence-corrected chi connectivity index (χ0v) is 10.2. The maximum atomic E-state index is 12.0. The molecule has 1 amide bonds. The van der Waals surface area contributed by atoms with Crippen molar-refractivity contribution in [1.29, 1.82) is 0 Å². The van der Waals surface area contributed by atoms with E-state index in [4.69, 9.17) is 5.73 Å². The lowest BCUT2D eigenvalue weighted by Crippen LogP contribution is -2.45. The van der Waals surface area contributed by atoms with Gasteiger partial charge in [0.05, 0.1) is 0 Å². The fraction of sp³-hybridized carbons (Fsp3) is 0.667. The van der Waals surface area contributed by atoms with Gasteiger partial charge in [0.2, 0.25) is 0 Å². The molecule has 1 fully saturated rings. The number of nitrogens with two attached hydrogens (primary N) is 1. The third-order valence-electron chi connectivity index (χ3n) is 3.59. The number of rotatable bonds is 4. The molecule has 1 heterocycles. The second-order valence-corrected chi connectivity index (χ2v) is 4.70. The van der Waals surface area contributed by atoms with Crippen LogP contribution in [0.4, 0.5) is 0 Å². The van der Waals surface area contributed by atoms with Crippen molar-refractivity contribution in [2.45, 2.75) is 31.7 Å². The van der Waals surface area contributed by atoms with Gasteiger partial charge in [0.1, 0.15) is 5.69 Å². The summed E-state index contributed by atoms with van der Waals surface area (Å²) < 4.78 is 1.58. The minimum absolute atomic E-state index is 0.0765. The predicted molar refractivity (Wildman–Crippen MR) is 65.5 cm³/mol. The van der Waals surface area contributed by atoms with Gasteiger partial charge >= 0.3 is 0 Å². The van der Waals surface area contributed by atoms with Gasteiger partial charge in [-0.1, -0.05) is 12.8 Å². The number of hydrogen-bond acceptors (Lipinski definition) is 3. The van der Waals surface area contributed by atoms with Crippen molar-refractivity contribution in [3.63, 3.8) is 0 Å². The van der Waals surface area contributed by atoms with Gasteiger partial charge in [0.15, 0.2) is 0 Å². The van der Waals surface area contributed by atoms with Gasteiger partial charge in [0.25, 0.3) is 5.91 Å². The van der Waals surface area contributed by atoms with Crippen LogP contribution in [0.5, 0.6) is 0 Å². The van der Waals surface area contributed by atoms with Gasteiger partial charge in [-0.2, -0.15) is 5.10 Å². The van der Waals surface area contributed by atoms with Gasteiger partial charge in [-0.15, -0.1) is 0 Å². The molecule has 1 atom stereocenters. The topological polar surface area (TPSA) is 72.9 Å². The van der Waals surface area contributed by atoms with Gasteiger partial charge in [-0.05, 0) is 24.8 Å². The highest BCUT2D eigenvalue weighted by atomic mass is 16.2. The molecular formula is C12H20N4O. The van der Waals surface area contributed by atoms with Crippen LogP contribution < -0.4 is 11.1 Å². The number of carbonyl (C=O) groups excluding carboxylic acids is 1. The van der Waals surface area contributed by atoms with Gasteiger partial charge < -0.3 is 11.1 Å². The molecule has 94 valence electrons. The van der Waals surface area contributed by atoms with Crippen LogP contribution >= 0.6 is 0 Å². The summed E-state index contributed by atoms with van der Waals surface area (Å²) in [6.07, 6.45) is 6.48. The molecule has 2 rings (SSSR count). The third-order valence-corrected chi connectivity index (χ3v) is 3.59. The second-order valence-electron chi connectivity index (χ2n) is 4.70. The number of aromatic nitrogens is 2. The Labute approximate surface area is 101 Å². The van der Waals surface area contributed by atoms with Gasteiger partial charge in [0, 0.05) is 25.8 Å². The van der Waals surface area contributed by atoms with E-state index in [9.17, 15) is 4.79 Å². The Kier molecular flexibility index (Phi) is 3.78. The monoisotopic (exact) mass is 236 g/mol. The van der Waals surface area contributed by atoms with E-state index in [2.05, 4.69) is 10.4 Å². The quantitative estimate of drug-likeness (QED) is 0.807. The smallest absolute Gasteiger partial charge is 0.269 e. The summed E-state index contributed by atoms with van der Waals surface area (Å²) in [6.45, 7) is 0.508. The van der Waals surface area contributed by atoms with E-state index >= 15 is 0 Å². The first kappa shape index (κ1) is 12.1. The molecule has 1 unspecified atom stereocenters. The largest absolute Gasteiger partial charge is 0.346 e. The molecule has 5 nitrogen and oxygen atoms in total. The molecule has 0 aromatic carbocycles. The SMILES string of the molecule is Cn1nccc1C(=O)NC(CN)C1CCCC1. The molecular weight excluding hydrogens is 216 g/mol. The van der Waals surface area contributed by atoms with Crippen LogP contribution in [-0.4, -0.2) is 28.3 Å². The molecule has 0 radical (unpaired) electrons. The number of aryl methyl sites for hydroxylation is 1. The molecule has 1 aliphatic rings. The fourth-order valence-corrected chi connectivity index (χ4v) is 2.57. The molecule has 0 spiro atoms. The van der Waals surface area contributed by atoms with Crippen molar-refractivity contribution in [3.8, 4) is 0 Å². The highest BCUT2D eigenvalue weighted by molar-refractivity contribution is 5.92. The van der Waals surface area contributed by atoms with E-state index in [0.717, 1.165) is 0 Å². The zero-order chi connectivity index (χ0) is 12.3. The molecule has 1 aromatic rings. The summed E-state index contributed by atoms with van der Waals surface area (Å²) in [4.78, 5) is 12.0. The Morgan fingerprint density at radius 3 is 2.88 bits per heavy atom. The van der Waals surface area contributed by atoms with E-state index in [1.807, 2.05) is 0 Å². The van der Waals surface area contributed by atoms with Crippen molar-refractivity contribution in [3.05, 3.63) is 18.0 Å². The molecule has 0 saturated heterocycles. The average molecular weight is 236 g/mol. The lowest BCUT2D eigenvalue weighted by Gasteiger charge is -2.23. The van der Waals surface area contributed by atoms with Gasteiger partial charge in [-0.25, -0.2) is 0 Å². The molecule has 3 N–H and O–H groups in total. The molecule has 17 heavy (non-hydrogen) atoms. The van der Waals surface area contributed by atoms with Crippen LogP contribution in [0.2, 0.25) is 0 Å². The summed E-state index contributed by atoms with van der Waals surface area (Å²) in [7, 11) is 1.77. The summed E-state index contributed by atoms with van der Waals surface area (Å²) >= 11 is 0. The van der Waals surface area contributed by atoms with Crippen LogP contribution in [0.25, 0.3) is 0 Å². The van der Waals surface area contributed by atoms with Crippen LogP contribution in [0, 0.1) is 5.92 Å². The minimum atomic E-state index is -0.0765. The lowest BCUT2D eigenvalue weighted by atomic mass is 9.98. The van der Waals surface area contributed by atoms with Crippen molar-refractivity contribution in [2.75, 3.05) is 6.54 Å². The summed E-state index contributed by atoms with van der Waals surface area (Å²) in [5.41, 5.74) is 6.34. The summed E-state index contributed by atoms with van der Waals surface area (Å²) in [5, 5.41) is 7.02. The van der Waals surface area contributed by atoms with Crippen LogP contribution in [-0.2, 0) is 7.05 Å². The Hall–Kier alpha value is -1.36. The highest BCUT2D eigenvalue weighted by Gasteiger charge is 2.26. The van der Waals surface area contributed by atoms with Crippen molar-refractivity contribution in [1.82, 2.24) is 15.1 Å². The Morgan fingerprint density at radius 1 is 1.65 bits per heavy atom. The number of nitrogens with zero attached hydrogens (tertiary/aromatic N) is 2. The van der Waals surface area contributed by atoms with E-state index < -0.39 is 0 Å². The van der Waals surface area contributed by atoms with Crippen LogP contribution in [0.15, 0.2) is 12.3 Å². The molecule has 1 saturated carbocycles. The number of carbonyl (C=O) groups is 1.